The van der Waals surface area contributed by atoms with E-state index in [0.29, 0.717) is 35.0 Å². The van der Waals surface area contributed by atoms with Crippen molar-refractivity contribution in [3.05, 3.63) is 0 Å². The second-order valence-corrected chi connectivity index (χ2v) is 14.7. The van der Waals surface area contributed by atoms with E-state index in [4.69, 9.17) is 5.11 Å². The van der Waals surface area contributed by atoms with E-state index in [2.05, 4.69) is 31.4 Å². The van der Waals surface area contributed by atoms with Gasteiger partial charge in [-0.2, -0.15) is 0 Å². The van der Waals surface area contributed by atoms with Gasteiger partial charge in [-0.25, -0.2) is 0 Å². The molecule has 4 N–H and O–H groups in total. The Morgan fingerprint density at radius 1 is 0.872 bits per heavy atom. The number of aliphatic hydroxyl groups excluding tert-OH is 1. The van der Waals surface area contributed by atoms with Crippen molar-refractivity contribution in [2.45, 2.75) is 130 Å². The SMILES string of the molecule is CC(C)[C@H](NC(=O)CC[C@@H](C)[C@H]1CCC2[C@@H]3CC[C@@H]4C[C@H](O)CC[C@]4(C)[C@H]3CC[C@@]21C)C(=O)N[C@@H](C)C(=O)O. The van der Waals surface area contributed by atoms with Crippen LogP contribution < -0.4 is 10.6 Å². The summed E-state index contributed by atoms with van der Waals surface area (Å²) in [5.41, 5.74) is 0.731. The number of aliphatic carboxylic acids is 1. The maximum Gasteiger partial charge on any atom is 0.325 e. The van der Waals surface area contributed by atoms with Crippen LogP contribution in [0, 0.1) is 52.3 Å². The summed E-state index contributed by atoms with van der Waals surface area (Å²) in [4.78, 5) is 36.7. The largest absolute Gasteiger partial charge is 0.480 e. The van der Waals surface area contributed by atoms with Gasteiger partial charge in [-0.3, -0.25) is 14.4 Å². The Labute approximate surface area is 235 Å². The minimum atomic E-state index is -1.09. The lowest BCUT2D eigenvalue weighted by Crippen LogP contribution is -2.54. The number of aliphatic hydroxyl groups is 1. The Kier molecular flexibility index (Phi) is 9.10. The summed E-state index contributed by atoms with van der Waals surface area (Å²) < 4.78 is 0. The maximum absolute atomic E-state index is 12.9. The first-order valence-electron chi connectivity index (χ1n) is 15.8. The first kappa shape index (κ1) is 30.3. The van der Waals surface area contributed by atoms with Crippen LogP contribution in [0.1, 0.15) is 112 Å². The van der Waals surface area contributed by atoms with Gasteiger partial charge in [0.15, 0.2) is 0 Å². The average Bonchev–Trinajstić information content (AvgIpc) is 3.23. The quantitative estimate of drug-likeness (QED) is 0.319. The lowest BCUT2D eigenvalue weighted by atomic mass is 9.44. The normalized spacial score (nSPS) is 40.0. The van der Waals surface area contributed by atoms with Gasteiger partial charge in [0, 0.05) is 6.42 Å². The third kappa shape index (κ3) is 5.90. The van der Waals surface area contributed by atoms with E-state index < -0.39 is 24.0 Å². The highest BCUT2D eigenvalue weighted by molar-refractivity contribution is 5.90. The molecular formula is C32H54N2O5. The zero-order chi connectivity index (χ0) is 28.7. The van der Waals surface area contributed by atoms with Crippen molar-refractivity contribution in [1.82, 2.24) is 10.6 Å². The van der Waals surface area contributed by atoms with Gasteiger partial charge in [-0.05, 0) is 123 Å². The molecule has 4 rings (SSSR count). The van der Waals surface area contributed by atoms with Crippen LogP contribution in [0.4, 0.5) is 0 Å². The van der Waals surface area contributed by atoms with Crippen LogP contribution in [0.5, 0.6) is 0 Å². The zero-order valence-electron chi connectivity index (χ0n) is 25.2. The Balaban J connectivity index is 1.34. The van der Waals surface area contributed by atoms with Crippen molar-refractivity contribution in [3.63, 3.8) is 0 Å². The predicted molar refractivity (Wildman–Crippen MR) is 152 cm³/mol. The van der Waals surface area contributed by atoms with Crippen molar-refractivity contribution in [3.8, 4) is 0 Å². The molecule has 39 heavy (non-hydrogen) atoms. The number of amides is 2. The molecule has 4 fully saturated rings. The number of nitrogens with one attached hydrogen (secondary N) is 2. The topological polar surface area (TPSA) is 116 Å². The fraction of sp³-hybridized carbons (Fsp3) is 0.906. The average molecular weight is 547 g/mol. The first-order chi connectivity index (χ1) is 18.3. The van der Waals surface area contributed by atoms with E-state index in [1.807, 2.05) is 13.8 Å². The van der Waals surface area contributed by atoms with E-state index in [-0.39, 0.29) is 17.9 Å². The van der Waals surface area contributed by atoms with Crippen molar-refractivity contribution >= 4 is 17.8 Å². The molecule has 2 amide bonds. The van der Waals surface area contributed by atoms with Crippen LogP contribution in [0.25, 0.3) is 0 Å². The van der Waals surface area contributed by atoms with Crippen LogP contribution in [0.2, 0.25) is 0 Å². The number of carboxylic acid groups (broad SMARTS) is 1. The number of fused-ring (bicyclic) bond motifs is 5. The number of hydrogen-bond acceptors (Lipinski definition) is 4. The molecule has 4 aliphatic carbocycles. The first-order valence-corrected chi connectivity index (χ1v) is 15.8. The molecule has 0 aromatic carbocycles. The molecule has 0 radical (unpaired) electrons. The van der Waals surface area contributed by atoms with Gasteiger partial charge in [0.2, 0.25) is 11.8 Å². The molecule has 4 aliphatic rings. The number of rotatable bonds is 9. The van der Waals surface area contributed by atoms with Gasteiger partial charge in [0.25, 0.3) is 0 Å². The summed E-state index contributed by atoms with van der Waals surface area (Å²) in [6.45, 7) is 12.6. The van der Waals surface area contributed by atoms with Crippen molar-refractivity contribution < 1.29 is 24.6 Å². The second-order valence-electron chi connectivity index (χ2n) is 14.7. The van der Waals surface area contributed by atoms with E-state index in [1.165, 1.54) is 51.9 Å². The molecule has 7 heteroatoms. The highest BCUT2D eigenvalue weighted by Gasteiger charge is 2.60. The van der Waals surface area contributed by atoms with Gasteiger partial charge >= 0.3 is 5.97 Å². The summed E-state index contributed by atoms with van der Waals surface area (Å²) in [6.07, 6.45) is 12.0. The van der Waals surface area contributed by atoms with Gasteiger partial charge in [0.1, 0.15) is 12.1 Å². The van der Waals surface area contributed by atoms with Crippen LogP contribution in [0.3, 0.4) is 0 Å². The number of carbonyl (C=O) groups excluding carboxylic acids is 2. The summed E-state index contributed by atoms with van der Waals surface area (Å²) >= 11 is 0. The number of carboxylic acids is 1. The van der Waals surface area contributed by atoms with E-state index in [0.717, 1.165) is 37.0 Å². The number of carbonyl (C=O) groups is 3. The standard InChI is InChI=1S/C32H54N2O5/c1-18(2)28(29(37)33-20(4)30(38)39)34-27(36)12-7-19(3)24-10-11-25-23-9-8-21-17-22(35)13-15-31(21,5)26(23)14-16-32(24,25)6/h18-26,28,35H,7-17H2,1-6H3,(H,33,37)(H,34,36)(H,38,39)/t19-,20+,21-,22-,23+,24-,25?,26+,28+,31+,32-/m1/s1. The van der Waals surface area contributed by atoms with Crippen LogP contribution in [-0.2, 0) is 14.4 Å². The molecule has 1 unspecified atom stereocenters. The van der Waals surface area contributed by atoms with E-state index >= 15 is 0 Å². The van der Waals surface area contributed by atoms with Crippen LogP contribution >= 0.6 is 0 Å². The van der Waals surface area contributed by atoms with E-state index in [1.54, 1.807) is 0 Å². The molecule has 0 aromatic rings. The van der Waals surface area contributed by atoms with Crippen molar-refractivity contribution in [2.24, 2.45) is 52.3 Å². The highest BCUT2D eigenvalue weighted by Crippen LogP contribution is 2.68. The monoisotopic (exact) mass is 546 g/mol. The molecule has 0 bridgehead atoms. The molecule has 222 valence electrons. The minimum Gasteiger partial charge on any atom is -0.480 e. The molecule has 0 spiro atoms. The second kappa shape index (κ2) is 11.7. The smallest absolute Gasteiger partial charge is 0.325 e. The van der Waals surface area contributed by atoms with Crippen molar-refractivity contribution in [1.29, 1.82) is 0 Å². The predicted octanol–water partition coefficient (Wildman–Crippen LogP) is 5.15. The van der Waals surface area contributed by atoms with Gasteiger partial charge < -0.3 is 20.8 Å². The summed E-state index contributed by atoms with van der Waals surface area (Å²) in [6, 6.07) is -1.74. The third-order valence-electron chi connectivity index (χ3n) is 12.2. The lowest BCUT2D eigenvalue weighted by Gasteiger charge is -2.61. The van der Waals surface area contributed by atoms with E-state index in [9.17, 15) is 19.5 Å². The van der Waals surface area contributed by atoms with Crippen molar-refractivity contribution in [2.75, 3.05) is 0 Å². The number of hydrogen-bond donors (Lipinski definition) is 4. The molecule has 4 saturated carbocycles. The molecule has 0 aliphatic heterocycles. The third-order valence-corrected chi connectivity index (χ3v) is 12.2. The fourth-order valence-electron chi connectivity index (χ4n) is 9.92. The molecule has 0 heterocycles. The Morgan fingerprint density at radius 2 is 1.54 bits per heavy atom. The van der Waals surface area contributed by atoms with Crippen LogP contribution in [-0.4, -0.2) is 46.2 Å². The molecule has 0 aromatic heterocycles. The summed E-state index contributed by atoms with van der Waals surface area (Å²) in [5, 5.41) is 24.8. The van der Waals surface area contributed by atoms with Crippen LogP contribution in [0.15, 0.2) is 0 Å². The molecule has 0 saturated heterocycles. The summed E-state index contributed by atoms with van der Waals surface area (Å²) in [5.74, 6) is 2.31. The molecular weight excluding hydrogens is 492 g/mol. The van der Waals surface area contributed by atoms with Gasteiger partial charge in [0.05, 0.1) is 6.10 Å². The Morgan fingerprint density at radius 3 is 2.21 bits per heavy atom. The fourth-order valence-corrected chi connectivity index (χ4v) is 9.92. The minimum absolute atomic E-state index is 0.0964. The Bertz CT molecular complexity index is 922. The maximum atomic E-state index is 12.9. The van der Waals surface area contributed by atoms with Gasteiger partial charge in [-0.15, -0.1) is 0 Å². The molecule has 11 atom stereocenters. The zero-order valence-corrected chi connectivity index (χ0v) is 25.2. The lowest BCUT2D eigenvalue weighted by molar-refractivity contribution is -0.142. The Hall–Kier alpha value is -1.63. The molecule has 7 nitrogen and oxygen atoms in total. The summed E-state index contributed by atoms with van der Waals surface area (Å²) in [7, 11) is 0. The van der Waals surface area contributed by atoms with Gasteiger partial charge in [-0.1, -0.05) is 34.6 Å². The highest BCUT2D eigenvalue weighted by atomic mass is 16.4.